The number of amides is 1. The molecule has 31 heavy (non-hydrogen) atoms. The van der Waals surface area contributed by atoms with Gasteiger partial charge in [0.25, 0.3) is 0 Å². The molecule has 156 valence electrons. The van der Waals surface area contributed by atoms with Gasteiger partial charge in [0.1, 0.15) is 11.6 Å². The molecule has 0 fully saturated rings. The van der Waals surface area contributed by atoms with Crippen LogP contribution in [-0.2, 0) is 24.3 Å². The molecule has 1 amide bonds. The topological polar surface area (TPSA) is 29.5 Å². The highest BCUT2D eigenvalue weighted by molar-refractivity contribution is 5.86. The first-order valence-electron chi connectivity index (χ1n) is 10.2. The highest BCUT2D eigenvalue weighted by atomic mass is 19.1. The molecule has 0 N–H and O–H groups in total. The van der Waals surface area contributed by atoms with Crippen molar-refractivity contribution in [3.63, 3.8) is 0 Å². The molecule has 0 aromatic heterocycles. The van der Waals surface area contributed by atoms with Gasteiger partial charge < -0.3 is 9.64 Å². The average molecular weight is 413 g/mol. The molecular formula is C27H24FNO2. The lowest BCUT2D eigenvalue weighted by atomic mass is 10.0. The number of hydrogen-bond donors (Lipinski definition) is 0. The Kier molecular flexibility index (Phi) is 6.27. The van der Waals surface area contributed by atoms with Gasteiger partial charge in [0, 0.05) is 13.1 Å². The minimum absolute atomic E-state index is 0.00430. The summed E-state index contributed by atoms with van der Waals surface area (Å²) in [6.45, 7) is 0.973. The summed E-state index contributed by atoms with van der Waals surface area (Å²) in [4.78, 5) is 15.1. The number of carbonyl (C=O) groups is 1. The SMILES string of the molecule is COc1ccc(CN(Cc2cccc3ccccc23)C(=O)Cc2ccc(F)cc2)cc1. The number of benzene rings is 4. The minimum Gasteiger partial charge on any atom is -0.497 e. The quantitative estimate of drug-likeness (QED) is 0.386. The van der Waals surface area contributed by atoms with Crippen molar-refractivity contribution in [1.29, 1.82) is 0 Å². The van der Waals surface area contributed by atoms with Gasteiger partial charge in [-0.2, -0.15) is 0 Å². The number of carbonyl (C=O) groups excluding carboxylic acids is 1. The van der Waals surface area contributed by atoms with E-state index in [4.69, 9.17) is 4.74 Å². The number of ether oxygens (including phenoxy) is 1. The van der Waals surface area contributed by atoms with E-state index in [-0.39, 0.29) is 18.1 Å². The number of hydrogen-bond acceptors (Lipinski definition) is 2. The first-order valence-corrected chi connectivity index (χ1v) is 10.2. The Balaban J connectivity index is 1.62. The van der Waals surface area contributed by atoms with Crippen molar-refractivity contribution in [2.75, 3.05) is 7.11 Å². The Morgan fingerprint density at radius 2 is 1.48 bits per heavy atom. The molecule has 0 atom stereocenters. The fraction of sp³-hybridized carbons (Fsp3) is 0.148. The van der Waals surface area contributed by atoms with E-state index in [0.717, 1.165) is 33.2 Å². The lowest BCUT2D eigenvalue weighted by Gasteiger charge is -2.24. The average Bonchev–Trinajstić information content (AvgIpc) is 2.81. The predicted octanol–water partition coefficient (Wildman–Crippen LogP) is 5.76. The van der Waals surface area contributed by atoms with Gasteiger partial charge in [-0.25, -0.2) is 4.39 Å². The fourth-order valence-corrected chi connectivity index (χ4v) is 3.71. The maximum atomic E-state index is 13.3. The molecule has 4 heteroatoms. The van der Waals surface area contributed by atoms with E-state index in [9.17, 15) is 9.18 Å². The second kappa shape index (κ2) is 9.43. The summed E-state index contributed by atoms with van der Waals surface area (Å²) in [6.07, 6.45) is 0.223. The Hall–Kier alpha value is -3.66. The van der Waals surface area contributed by atoms with Crippen molar-refractivity contribution in [1.82, 2.24) is 4.90 Å². The summed E-state index contributed by atoms with van der Waals surface area (Å²) >= 11 is 0. The van der Waals surface area contributed by atoms with Gasteiger partial charge in [0.05, 0.1) is 13.5 Å². The van der Waals surface area contributed by atoms with Crippen LogP contribution in [0.15, 0.2) is 91.0 Å². The first-order chi connectivity index (χ1) is 15.1. The smallest absolute Gasteiger partial charge is 0.227 e. The molecular weight excluding hydrogens is 389 g/mol. The Morgan fingerprint density at radius 3 is 2.23 bits per heavy atom. The summed E-state index contributed by atoms with van der Waals surface area (Å²) in [6, 6.07) is 28.2. The zero-order valence-corrected chi connectivity index (χ0v) is 17.4. The second-order valence-electron chi connectivity index (χ2n) is 7.54. The molecule has 0 aliphatic heterocycles. The fourth-order valence-electron chi connectivity index (χ4n) is 3.71. The number of methoxy groups -OCH3 is 1. The van der Waals surface area contributed by atoms with Crippen LogP contribution in [0.25, 0.3) is 10.8 Å². The van der Waals surface area contributed by atoms with Gasteiger partial charge >= 0.3 is 0 Å². The van der Waals surface area contributed by atoms with E-state index in [1.54, 1.807) is 19.2 Å². The highest BCUT2D eigenvalue weighted by Crippen LogP contribution is 2.22. The van der Waals surface area contributed by atoms with Gasteiger partial charge in [-0.3, -0.25) is 4.79 Å². The molecule has 0 heterocycles. The largest absolute Gasteiger partial charge is 0.497 e. The van der Waals surface area contributed by atoms with Gasteiger partial charge in [-0.05, 0) is 51.7 Å². The first kappa shape index (κ1) is 20.6. The third-order valence-corrected chi connectivity index (χ3v) is 5.39. The zero-order chi connectivity index (χ0) is 21.6. The zero-order valence-electron chi connectivity index (χ0n) is 17.4. The van der Waals surface area contributed by atoms with E-state index in [2.05, 4.69) is 24.3 Å². The van der Waals surface area contributed by atoms with Crippen molar-refractivity contribution in [3.05, 3.63) is 114 Å². The molecule has 4 rings (SSSR count). The predicted molar refractivity (Wildman–Crippen MR) is 121 cm³/mol. The monoisotopic (exact) mass is 413 g/mol. The molecule has 4 aromatic carbocycles. The third-order valence-electron chi connectivity index (χ3n) is 5.39. The van der Waals surface area contributed by atoms with Crippen molar-refractivity contribution in [2.45, 2.75) is 19.5 Å². The summed E-state index contributed by atoms with van der Waals surface area (Å²) in [5.74, 6) is 0.472. The summed E-state index contributed by atoms with van der Waals surface area (Å²) < 4.78 is 18.5. The van der Waals surface area contributed by atoms with Crippen LogP contribution in [0.3, 0.4) is 0 Å². The normalized spacial score (nSPS) is 10.8. The number of halogens is 1. The molecule has 0 saturated heterocycles. The summed E-state index contributed by atoms with van der Waals surface area (Å²) in [5.41, 5.74) is 2.91. The third kappa shape index (κ3) is 5.10. The number of nitrogens with zero attached hydrogens (tertiary/aromatic N) is 1. The Morgan fingerprint density at radius 1 is 0.806 bits per heavy atom. The Bertz CT molecular complexity index is 1160. The lowest BCUT2D eigenvalue weighted by molar-refractivity contribution is -0.131. The lowest BCUT2D eigenvalue weighted by Crippen LogP contribution is -2.31. The van der Waals surface area contributed by atoms with Crippen LogP contribution >= 0.6 is 0 Å². The van der Waals surface area contributed by atoms with Crippen LogP contribution in [-0.4, -0.2) is 17.9 Å². The van der Waals surface area contributed by atoms with Gasteiger partial charge in [0.15, 0.2) is 0 Å². The van der Waals surface area contributed by atoms with Gasteiger partial charge in [-0.15, -0.1) is 0 Å². The van der Waals surface area contributed by atoms with Crippen LogP contribution in [0.2, 0.25) is 0 Å². The van der Waals surface area contributed by atoms with Crippen molar-refractivity contribution < 1.29 is 13.9 Å². The Labute approximate surface area is 181 Å². The molecule has 0 bridgehead atoms. The maximum Gasteiger partial charge on any atom is 0.227 e. The second-order valence-corrected chi connectivity index (χ2v) is 7.54. The van der Waals surface area contributed by atoms with Crippen LogP contribution < -0.4 is 4.74 Å². The van der Waals surface area contributed by atoms with E-state index >= 15 is 0 Å². The summed E-state index contributed by atoms with van der Waals surface area (Å²) in [5, 5.41) is 2.29. The van der Waals surface area contributed by atoms with Crippen LogP contribution in [0, 0.1) is 5.82 Å². The van der Waals surface area contributed by atoms with E-state index < -0.39 is 0 Å². The van der Waals surface area contributed by atoms with Crippen molar-refractivity contribution in [2.24, 2.45) is 0 Å². The van der Waals surface area contributed by atoms with Crippen LogP contribution in [0.4, 0.5) is 4.39 Å². The number of rotatable bonds is 7. The van der Waals surface area contributed by atoms with Crippen molar-refractivity contribution >= 4 is 16.7 Å². The van der Waals surface area contributed by atoms with Crippen molar-refractivity contribution in [3.8, 4) is 5.75 Å². The van der Waals surface area contributed by atoms with Crippen LogP contribution in [0.5, 0.6) is 5.75 Å². The summed E-state index contributed by atoms with van der Waals surface area (Å²) in [7, 11) is 1.63. The molecule has 0 unspecified atom stereocenters. The molecule has 0 aliphatic rings. The van der Waals surface area contributed by atoms with Gasteiger partial charge in [0.2, 0.25) is 5.91 Å². The molecule has 4 aromatic rings. The van der Waals surface area contributed by atoms with Gasteiger partial charge in [-0.1, -0.05) is 66.7 Å². The van der Waals surface area contributed by atoms with E-state index in [1.165, 1.54) is 12.1 Å². The molecule has 0 aliphatic carbocycles. The molecule has 3 nitrogen and oxygen atoms in total. The van der Waals surface area contributed by atoms with E-state index in [1.807, 2.05) is 47.4 Å². The molecule has 0 radical (unpaired) electrons. The maximum absolute atomic E-state index is 13.3. The minimum atomic E-state index is -0.304. The highest BCUT2D eigenvalue weighted by Gasteiger charge is 2.17. The van der Waals surface area contributed by atoms with E-state index in [0.29, 0.717) is 13.1 Å². The standard InChI is InChI=1S/C27H24FNO2/c1-31-25-15-11-21(12-16-25)18-29(27(30)17-20-9-13-24(28)14-10-20)19-23-7-4-6-22-5-2-3-8-26(22)23/h2-16H,17-19H2,1H3. The molecule has 0 saturated carbocycles. The van der Waals surface area contributed by atoms with Crippen LogP contribution in [0.1, 0.15) is 16.7 Å². The molecule has 0 spiro atoms. The number of fused-ring (bicyclic) bond motifs is 1.